The zero-order chi connectivity index (χ0) is 14.5. The fraction of sp³-hybridized carbons (Fsp3) is 0.400. The van der Waals surface area contributed by atoms with E-state index in [2.05, 4.69) is 14.8 Å². The van der Waals surface area contributed by atoms with E-state index >= 15 is 0 Å². The molecule has 6 heteroatoms. The minimum atomic E-state index is 0.672. The number of thiazole rings is 1. The van der Waals surface area contributed by atoms with Gasteiger partial charge in [-0.2, -0.15) is 0 Å². The number of ether oxygens (including phenoxy) is 1. The van der Waals surface area contributed by atoms with E-state index in [9.17, 15) is 0 Å². The lowest BCUT2D eigenvalue weighted by molar-refractivity contribution is 0.201. The van der Waals surface area contributed by atoms with Crippen LogP contribution in [0.15, 0.2) is 35.8 Å². The molecule has 21 heavy (non-hydrogen) atoms. The fourth-order valence-electron chi connectivity index (χ4n) is 2.43. The van der Waals surface area contributed by atoms with Crippen LogP contribution in [-0.4, -0.2) is 49.2 Å². The smallest absolute Gasteiger partial charge is 0.185 e. The second kappa shape index (κ2) is 6.78. The van der Waals surface area contributed by atoms with E-state index in [0.29, 0.717) is 12.3 Å². The zero-order valence-corrected chi connectivity index (χ0v) is 12.8. The van der Waals surface area contributed by atoms with Gasteiger partial charge in [-0.05, 0) is 12.1 Å². The van der Waals surface area contributed by atoms with Crippen molar-refractivity contribution >= 4 is 22.2 Å². The monoisotopic (exact) mass is 304 g/mol. The normalized spacial score (nSPS) is 16.1. The lowest BCUT2D eigenvalue weighted by Gasteiger charge is -2.34. The number of hydrogen-bond donors (Lipinski definition) is 1. The molecule has 2 heterocycles. The Morgan fingerprint density at radius 2 is 2.00 bits per heavy atom. The van der Waals surface area contributed by atoms with Crippen molar-refractivity contribution in [1.82, 2.24) is 9.88 Å². The minimum Gasteiger partial charge on any atom is -0.490 e. The Balaban J connectivity index is 1.41. The van der Waals surface area contributed by atoms with Crippen molar-refractivity contribution in [2.24, 2.45) is 0 Å². The largest absolute Gasteiger partial charge is 0.490 e. The van der Waals surface area contributed by atoms with E-state index in [0.717, 1.165) is 43.6 Å². The molecule has 2 aromatic rings. The third-order valence-corrected chi connectivity index (χ3v) is 4.48. The van der Waals surface area contributed by atoms with Gasteiger partial charge in [0.2, 0.25) is 0 Å². The molecule has 1 aromatic carbocycles. The number of para-hydroxylation sites is 2. The highest BCUT2D eigenvalue weighted by molar-refractivity contribution is 7.13. The summed E-state index contributed by atoms with van der Waals surface area (Å²) in [6.45, 7) is 5.76. The summed E-state index contributed by atoms with van der Waals surface area (Å²) in [5.41, 5.74) is 6.56. The molecule has 0 radical (unpaired) electrons. The van der Waals surface area contributed by atoms with Gasteiger partial charge in [-0.1, -0.05) is 12.1 Å². The zero-order valence-electron chi connectivity index (χ0n) is 11.9. The van der Waals surface area contributed by atoms with Crippen LogP contribution in [0.4, 0.5) is 10.8 Å². The first-order chi connectivity index (χ1) is 10.3. The van der Waals surface area contributed by atoms with E-state index < -0.39 is 0 Å². The standard InChI is InChI=1S/C15H20N4OS/c16-13-3-1-2-4-14(13)20-11-10-18-6-8-19(9-7-18)15-17-5-12-21-15/h1-5,12H,6-11,16H2. The molecule has 0 spiro atoms. The number of nitrogens with zero attached hydrogens (tertiary/aromatic N) is 3. The Kier molecular flexibility index (Phi) is 4.57. The van der Waals surface area contributed by atoms with Crippen molar-refractivity contribution in [3.63, 3.8) is 0 Å². The van der Waals surface area contributed by atoms with Gasteiger partial charge in [0.25, 0.3) is 0 Å². The number of hydrogen-bond acceptors (Lipinski definition) is 6. The predicted molar refractivity (Wildman–Crippen MR) is 87.1 cm³/mol. The Labute approximate surface area is 129 Å². The number of nitrogens with two attached hydrogens (primary N) is 1. The van der Waals surface area contributed by atoms with Crippen molar-refractivity contribution < 1.29 is 4.74 Å². The summed E-state index contributed by atoms with van der Waals surface area (Å²) in [4.78, 5) is 9.13. The fourth-order valence-corrected chi connectivity index (χ4v) is 3.13. The van der Waals surface area contributed by atoms with Crippen LogP contribution in [0.3, 0.4) is 0 Å². The first-order valence-electron chi connectivity index (χ1n) is 7.17. The van der Waals surface area contributed by atoms with Crippen LogP contribution in [0.25, 0.3) is 0 Å². The lowest BCUT2D eigenvalue weighted by atomic mass is 10.3. The number of benzene rings is 1. The molecule has 0 atom stereocenters. The van der Waals surface area contributed by atoms with Crippen molar-refractivity contribution in [2.45, 2.75) is 0 Å². The van der Waals surface area contributed by atoms with Gasteiger partial charge in [0.05, 0.1) is 5.69 Å². The Bertz CT molecular complexity index is 553. The van der Waals surface area contributed by atoms with Gasteiger partial charge in [-0.3, -0.25) is 4.90 Å². The molecule has 1 fully saturated rings. The van der Waals surface area contributed by atoms with Crippen LogP contribution in [0.2, 0.25) is 0 Å². The van der Waals surface area contributed by atoms with E-state index in [1.54, 1.807) is 11.3 Å². The maximum atomic E-state index is 5.86. The summed E-state index contributed by atoms with van der Waals surface area (Å²) in [6.07, 6.45) is 1.87. The van der Waals surface area contributed by atoms with E-state index in [1.165, 1.54) is 0 Å². The van der Waals surface area contributed by atoms with Crippen LogP contribution in [-0.2, 0) is 0 Å². The maximum absolute atomic E-state index is 5.86. The predicted octanol–water partition coefficient (Wildman–Crippen LogP) is 1.93. The molecule has 0 unspecified atom stereocenters. The number of anilines is 2. The first kappa shape index (κ1) is 14.2. The second-order valence-electron chi connectivity index (χ2n) is 5.03. The van der Waals surface area contributed by atoms with Crippen LogP contribution in [0.1, 0.15) is 0 Å². The highest BCUT2D eigenvalue weighted by Gasteiger charge is 2.18. The van der Waals surface area contributed by atoms with Gasteiger partial charge >= 0.3 is 0 Å². The molecule has 5 nitrogen and oxygen atoms in total. The average Bonchev–Trinajstić information content (AvgIpc) is 3.04. The molecule has 0 saturated carbocycles. The quantitative estimate of drug-likeness (QED) is 0.855. The van der Waals surface area contributed by atoms with Crippen molar-refractivity contribution in [3.05, 3.63) is 35.8 Å². The van der Waals surface area contributed by atoms with E-state index in [-0.39, 0.29) is 0 Å². The first-order valence-corrected chi connectivity index (χ1v) is 8.05. The number of nitrogen functional groups attached to an aromatic ring is 1. The summed E-state index contributed by atoms with van der Waals surface area (Å²) in [5.74, 6) is 0.777. The SMILES string of the molecule is Nc1ccccc1OCCN1CCN(c2nccs2)CC1. The molecule has 0 bridgehead atoms. The van der Waals surface area contributed by atoms with Gasteiger partial charge in [-0.15, -0.1) is 11.3 Å². The summed E-state index contributed by atoms with van der Waals surface area (Å²) in [7, 11) is 0. The number of aromatic nitrogens is 1. The molecule has 1 saturated heterocycles. The molecule has 0 aliphatic carbocycles. The third kappa shape index (κ3) is 3.65. The van der Waals surface area contributed by atoms with Crippen LogP contribution < -0.4 is 15.4 Å². The molecule has 112 valence electrons. The Morgan fingerprint density at radius 1 is 1.19 bits per heavy atom. The highest BCUT2D eigenvalue weighted by Crippen LogP contribution is 2.20. The number of rotatable bonds is 5. The molecule has 1 aromatic heterocycles. The van der Waals surface area contributed by atoms with Crippen molar-refractivity contribution in [1.29, 1.82) is 0 Å². The lowest BCUT2D eigenvalue weighted by Crippen LogP contribution is -2.47. The Morgan fingerprint density at radius 3 is 2.71 bits per heavy atom. The summed E-state index contributed by atoms with van der Waals surface area (Å²) in [6, 6.07) is 7.64. The topological polar surface area (TPSA) is 54.6 Å². The molecular formula is C15H20N4OS. The molecule has 2 N–H and O–H groups in total. The van der Waals surface area contributed by atoms with Crippen LogP contribution in [0, 0.1) is 0 Å². The van der Waals surface area contributed by atoms with Crippen LogP contribution in [0.5, 0.6) is 5.75 Å². The Hall–Kier alpha value is -1.79. The van der Waals surface area contributed by atoms with Gasteiger partial charge in [0, 0.05) is 44.3 Å². The van der Waals surface area contributed by atoms with Gasteiger partial charge in [-0.25, -0.2) is 4.98 Å². The third-order valence-electron chi connectivity index (χ3n) is 3.65. The molecule has 3 rings (SSSR count). The summed E-state index contributed by atoms with van der Waals surface area (Å²) < 4.78 is 5.75. The highest BCUT2D eigenvalue weighted by atomic mass is 32.1. The second-order valence-corrected chi connectivity index (χ2v) is 5.90. The molecule has 0 amide bonds. The van der Waals surface area contributed by atoms with Crippen molar-refractivity contribution in [3.8, 4) is 5.75 Å². The maximum Gasteiger partial charge on any atom is 0.185 e. The van der Waals surface area contributed by atoms with E-state index in [1.807, 2.05) is 35.8 Å². The summed E-state index contributed by atoms with van der Waals surface area (Å²) in [5, 5.41) is 3.16. The van der Waals surface area contributed by atoms with Gasteiger partial charge in [0.1, 0.15) is 12.4 Å². The minimum absolute atomic E-state index is 0.672. The molecule has 1 aliphatic heterocycles. The van der Waals surface area contributed by atoms with Crippen molar-refractivity contribution in [2.75, 3.05) is 50.0 Å². The van der Waals surface area contributed by atoms with Gasteiger partial charge in [0.15, 0.2) is 5.13 Å². The van der Waals surface area contributed by atoms with Crippen LogP contribution >= 0.6 is 11.3 Å². The molecule has 1 aliphatic rings. The number of piperazine rings is 1. The summed E-state index contributed by atoms with van der Waals surface area (Å²) >= 11 is 1.71. The van der Waals surface area contributed by atoms with E-state index in [4.69, 9.17) is 10.5 Å². The average molecular weight is 304 g/mol. The van der Waals surface area contributed by atoms with Gasteiger partial charge < -0.3 is 15.4 Å². The molecular weight excluding hydrogens is 284 g/mol.